The monoisotopic (exact) mass is 459 g/mol. The van der Waals surface area contributed by atoms with Crippen molar-refractivity contribution in [3.8, 4) is 0 Å². The molecule has 1 aromatic heterocycles. The molecule has 0 spiro atoms. The molecule has 1 saturated carbocycles. The fourth-order valence-electron chi connectivity index (χ4n) is 5.55. The van der Waals surface area contributed by atoms with Gasteiger partial charge in [-0.25, -0.2) is 4.79 Å². The lowest BCUT2D eigenvalue weighted by Gasteiger charge is -2.39. The number of hydrogen-bond acceptors (Lipinski definition) is 5. The summed E-state index contributed by atoms with van der Waals surface area (Å²) in [4.78, 5) is 42.5. The van der Waals surface area contributed by atoms with E-state index >= 15 is 0 Å². The smallest absolute Gasteiger partial charge is 0.318 e. The number of aryl methyl sites for hydroxylation is 1. The standard InChI is InChI=1S/C24H37N5O4/c1-3-33-20(30)16-24(11-6-4-7-12-24)25-23(32)29-15-10-19-18(17-29)21(26-27(19)2)22(31)28-13-8-5-9-14-28/h3-17H2,1-2H3,(H,25,32). The lowest BCUT2D eigenvalue weighted by Crippen LogP contribution is -2.56. The third kappa shape index (κ3) is 5.17. The Hall–Kier alpha value is -2.58. The Kier molecular flexibility index (Phi) is 7.24. The third-order valence-electron chi connectivity index (χ3n) is 7.35. The summed E-state index contributed by atoms with van der Waals surface area (Å²) in [5.41, 5.74) is 1.81. The van der Waals surface area contributed by atoms with Crippen LogP contribution in [0.2, 0.25) is 0 Å². The number of hydrogen-bond donors (Lipinski definition) is 1. The Morgan fingerprint density at radius 2 is 1.70 bits per heavy atom. The Morgan fingerprint density at radius 3 is 2.39 bits per heavy atom. The molecule has 0 bridgehead atoms. The van der Waals surface area contributed by atoms with E-state index in [1.54, 1.807) is 16.5 Å². The van der Waals surface area contributed by atoms with Gasteiger partial charge in [-0.05, 0) is 39.0 Å². The second-order valence-corrected chi connectivity index (χ2v) is 9.67. The number of carbonyl (C=O) groups excluding carboxylic acids is 3. The van der Waals surface area contributed by atoms with E-state index in [0.717, 1.165) is 75.7 Å². The highest BCUT2D eigenvalue weighted by Gasteiger charge is 2.39. The Labute approximate surface area is 195 Å². The van der Waals surface area contributed by atoms with E-state index in [0.29, 0.717) is 31.8 Å². The van der Waals surface area contributed by atoms with Crippen molar-refractivity contribution < 1.29 is 19.1 Å². The van der Waals surface area contributed by atoms with E-state index in [9.17, 15) is 14.4 Å². The molecule has 1 aliphatic carbocycles. The summed E-state index contributed by atoms with van der Waals surface area (Å²) in [7, 11) is 1.87. The summed E-state index contributed by atoms with van der Waals surface area (Å²) in [6.07, 6.45) is 8.72. The van der Waals surface area contributed by atoms with Crippen molar-refractivity contribution in [3.63, 3.8) is 0 Å². The highest BCUT2D eigenvalue weighted by atomic mass is 16.5. The van der Waals surface area contributed by atoms with Gasteiger partial charge < -0.3 is 19.9 Å². The molecule has 4 rings (SSSR count). The highest BCUT2D eigenvalue weighted by molar-refractivity contribution is 5.94. The van der Waals surface area contributed by atoms with Crippen molar-refractivity contribution in [1.29, 1.82) is 0 Å². The zero-order valence-electron chi connectivity index (χ0n) is 20.0. The van der Waals surface area contributed by atoms with Crippen LogP contribution in [0.5, 0.6) is 0 Å². The van der Waals surface area contributed by atoms with E-state index in [-0.39, 0.29) is 24.3 Å². The van der Waals surface area contributed by atoms with Gasteiger partial charge in [0.1, 0.15) is 0 Å². The Morgan fingerprint density at radius 1 is 1.00 bits per heavy atom. The van der Waals surface area contributed by atoms with Crippen LogP contribution in [0.4, 0.5) is 4.79 Å². The van der Waals surface area contributed by atoms with Crippen LogP contribution >= 0.6 is 0 Å². The van der Waals surface area contributed by atoms with Crippen LogP contribution in [0.3, 0.4) is 0 Å². The molecule has 0 atom stereocenters. The predicted octanol–water partition coefficient (Wildman–Crippen LogP) is 2.77. The predicted molar refractivity (Wildman–Crippen MR) is 123 cm³/mol. The molecule has 2 fully saturated rings. The summed E-state index contributed by atoms with van der Waals surface area (Å²) in [5, 5.41) is 7.76. The molecule has 3 amide bonds. The largest absolute Gasteiger partial charge is 0.466 e. The van der Waals surface area contributed by atoms with Crippen LogP contribution in [-0.4, -0.2) is 69.3 Å². The van der Waals surface area contributed by atoms with Crippen molar-refractivity contribution in [2.45, 2.75) is 83.2 Å². The van der Waals surface area contributed by atoms with E-state index < -0.39 is 5.54 Å². The van der Waals surface area contributed by atoms with Crippen molar-refractivity contribution in [2.75, 3.05) is 26.2 Å². The maximum absolute atomic E-state index is 13.4. The Balaban J connectivity index is 1.48. The van der Waals surface area contributed by atoms with E-state index in [4.69, 9.17) is 4.74 Å². The van der Waals surface area contributed by atoms with Gasteiger partial charge in [0.2, 0.25) is 0 Å². The van der Waals surface area contributed by atoms with Crippen LogP contribution < -0.4 is 5.32 Å². The first-order chi connectivity index (χ1) is 15.9. The van der Waals surface area contributed by atoms with Crippen molar-refractivity contribution >= 4 is 17.9 Å². The zero-order chi connectivity index (χ0) is 23.4. The van der Waals surface area contributed by atoms with Gasteiger partial charge in [0.15, 0.2) is 5.69 Å². The van der Waals surface area contributed by atoms with Gasteiger partial charge >= 0.3 is 12.0 Å². The minimum atomic E-state index is -0.552. The number of carbonyl (C=O) groups is 3. The zero-order valence-corrected chi connectivity index (χ0v) is 20.0. The van der Waals surface area contributed by atoms with Crippen LogP contribution in [0.15, 0.2) is 0 Å². The first-order valence-corrected chi connectivity index (χ1v) is 12.5. The quantitative estimate of drug-likeness (QED) is 0.683. The highest BCUT2D eigenvalue weighted by Crippen LogP contribution is 2.32. The maximum atomic E-state index is 13.4. The molecule has 1 N–H and O–H groups in total. The van der Waals surface area contributed by atoms with Gasteiger partial charge in [0.25, 0.3) is 5.91 Å². The van der Waals surface area contributed by atoms with Crippen molar-refractivity contribution in [3.05, 3.63) is 17.0 Å². The molecule has 0 aromatic carbocycles. The first kappa shape index (κ1) is 23.6. The van der Waals surface area contributed by atoms with E-state index in [1.807, 2.05) is 11.9 Å². The molecule has 0 radical (unpaired) electrons. The molecule has 182 valence electrons. The molecule has 0 unspecified atom stereocenters. The third-order valence-corrected chi connectivity index (χ3v) is 7.35. The molecular formula is C24H37N5O4. The Bertz CT molecular complexity index is 884. The number of likely N-dealkylation sites (tertiary alicyclic amines) is 1. The fraction of sp³-hybridized carbons (Fsp3) is 0.750. The number of urea groups is 1. The average Bonchev–Trinajstić information content (AvgIpc) is 3.15. The molecule has 9 heteroatoms. The second-order valence-electron chi connectivity index (χ2n) is 9.67. The molecule has 33 heavy (non-hydrogen) atoms. The average molecular weight is 460 g/mol. The van der Waals surface area contributed by atoms with Crippen molar-refractivity contribution in [2.24, 2.45) is 7.05 Å². The summed E-state index contributed by atoms with van der Waals surface area (Å²) in [6.45, 7) is 4.60. The van der Waals surface area contributed by atoms with Crippen LogP contribution in [-0.2, 0) is 29.5 Å². The van der Waals surface area contributed by atoms with E-state index in [1.165, 1.54) is 0 Å². The summed E-state index contributed by atoms with van der Waals surface area (Å²) >= 11 is 0. The molecule has 2 aliphatic heterocycles. The SMILES string of the molecule is CCOC(=O)CC1(NC(=O)N2CCc3c(c(C(=O)N4CCCCC4)nn3C)C2)CCCCC1. The van der Waals surface area contributed by atoms with E-state index in [2.05, 4.69) is 10.4 Å². The molecular weight excluding hydrogens is 422 g/mol. The second kappa shape index (κ2) is 10.1. The molecule has 9 nitrogen and oxygen atoms in total. The topological polar surface area (TPSA) is 96.8 Å². The maximum Gasteiger partial charge on any atom is 0.318 e. The lowest BCUT2D eigenvalue weighted by molar-refractivity contribution is -0.145. The van der Waals surface area contributed by atoms with Crippen LogP contribution in [0.1, 0.15) is 86.5 Å². The number of nitrogens with one attached hydrogen (secondary N) is 1. The van der Waals surface area contributed by atoms with Gasteiger partial charge in [-0.3, -0.25) is 14.3 Å². The lowest BCUT2D eigenvalue weighted by atomic mass is 9.79. The minimum Gasteiger partial charge on any atom is -0.466 e. The summed E-state index contributed by atoms with van der Waals surface area (Å²) < 4.78 is 6.99. The molecule has 3 heterocycles. The first-order valence-electron chi connectivity index (χ1n) is 12.5. The summed E-state index contributed by atoms with van der Waals surface area (Å²) in [6, 6.07) is -0.174. The number of aromatic nitrogens is 2. The van der Waals surface area contributed by atoms with Crippen LogP contribution in [0.25, 0.3) is 0 Å². The molecule has 1 saturated heterocycles. The van der Waals surface area contributed by atoms with Gasteiger partial charge in [-0.1, -0.05) is 19.3 Å². The van der Waals surface area contributed by atoms with Crippen molar-refractivity contribution in [1.82, 2.24) is 24.9 Å². The number of piperidine rings is 1. The van der Waals surface area contributed by atoms with Gasteiger partial charge in [0.05, 0.1) is 25.1 Å². The number of nitrogens with zero attached hydrogens (tertiary/aromatic N) is 4. The number of amides is 3. The number of rotatable bonds is 5. The minimum absolute atomic E-state index is 0.0279. The normalized spacial score (nSPS) is 20.2. The van der Waals surface area contributed by atoms with Crippen LogP contribution in [0, 0.1) is 0 Å². The fourth-order valence-corrected chi connectivity index (χ4v) is 5.55. The number of ether oxygens (including phenoxy) is 1. The number of fused-ring (bicyclic) bond motifs is 1. The van der Waals surface area contributed by atoms with Gasteiger partial charge in [0, 0.05) is 44.4 Å². The molecule has 1 aromatic rings. The van der Waals surface area contributed by atoms with Gasteiger partial charge in [-0.15, -0.1) is 0 Å². The molecule has 3 aliphatic rings. The summed E-state index contributed by atoms with van der Waals surface area (Å²) in [5.74, 6) is -0.290. The van der Waals surface area contributed by atoms with Gasteiger partial charge in [-0.2, -0.15) is 5.10 Å². The number of esters is 1.